The predicted molar refractivity (Wildman–Crippen MR) is 123 cm³/mol. The monoisotopic (exact) mass is 444 g/mol. The molecule has 0 saturated carbocycles. The Morgan fingerprint density at radius 3 is 2.45 bits per heavy atom. The van der Waals surface area contributed by atoms with Crippen LogP contribution in [0.25, 0.3) is 11.4 Å². The summed E-state index contributed by atoms with van der Waals surface area (Å²) in [7, 11) is 0. The van der Waals surface area contributed by atoms with Gasteiger partial charge in [-0.05, 0) is 73.9 Å². The molecule has 2 atom stereocenters. The zero-order valence-electron chi connectivity index (χ0n) is 18.5. The number of nitrogens with one attached hydrogen (secondary N) is 1. The number of hydrogen-bond acceptors (Lipinski definition) is 7. The summed E-state index contributed by atoms with van der Waals surface area (Å²) in [4.78, 5) is 20.0. The second kappa shape index (κ2) is 9.17. The zero-order valence-corrected chi connectivity index (χ0v) is 18.5. The van der Waals surface area contributed by atoms with Gasteiger partial charge in [-0.2, -0.15) is 0 Å². The number of rotatable bonds is 7. The summed E-state index contributed by atoms with van der Waals surface area (Å²) in [5.41, 5.74) is 4.17. The van der Waals surface area contributed by atoms with Gasteiger partial charge < -0.3 is 15.5 Å². The van der Waals surface area contributed by atoms with Crippen molar-refractivity contribution in [1.29, 1.82) is 0 Å². The first kappa shape index (κ1) is 22.1. The number of nitrogens with zero attached hydrogens (tertiary/aromatic N) is 5. The molecule has 33 heavy (non-hydrogen) atoms. The molecular formula is C24H24N6O3. The Labute approximate surface area is 190 Å². The van der Waals surface area contributed by atoms with Gasteiger partial charge in [-0.3, -0.25) is 0 Å². The van der Waals surface area contributed by atoms with Crippen molar-refractivity contribution < 1.29 is 15.0 Å². The van der Waals surface area contributed by atoms with Crippen molar-refractivity contribution in [3.8, 4) is 11.4 Å². The van der Waals surface area contributed by atoms with Gasteiger partial charge in [0.25, 0.3) is 0 Å². The van der Waals surface area contributed by atoms with Crippen LogP contribution in [-0.2, 0) is 0 Å². The van der Waals surface area contributed by atoms with Crippen molar-refractivity contribution in [2.24, 2.45) is 0 Å². The molecule has 0 amide bonds. The van der Waals surface area contributed by atoms with Gasteiger partial charge in [0.15, 0.2) is 0 Å². The summed E-state index contributed by atoms with van der Waals surface area (Å²) >= 11 is 0. The molecule has 0 aliphatic carbocycles. The largest absolute Gasteiger partial charge is 0.478 e. The highest BCUT2D eigenvalue weighted by Crippen LogP contribution is 2.24. The number of aromatic nitrogens is 5. The molecule has 0 spiro atoms. The van der Waals surface area contributed by atoms with Crippen LogP contribution in [0.2, 0.25) is 0 Å². The number of anilines is 2. The number of carboxylic acid groups (broad SMARTS) is 1. The second-order valence-electron chi connectivity index (χ2n) is 7.88. The maximum Gasteiger partial charge on any atom is 0.335 e. The molecular weight excluding hydrogens is 420 g/mol. The smallest absolute Gasteiger partial charge is 0.335 e. The van der Waals surface area contributed by atoms with E-state index < -0.39 is 12.1 Å². The minimum atomic E-state index is -0.958. The van der Waals surface area contributed by atoms with Gasteiger partial charge in [0.1, 0.15) is 17.3 Å². The van der Waals surface area contributed by atoms with Crippen LogP contribution in [-0.4, -0.2) is 41.1 Å². The van der Waals surface area contributed by atoms with Crippen molar-refractivity contribution in [1.82, 2.24) is 25.0 Å². The lowest BCUT2D eigenvalue weighted by molar-refractivity contribution is 0.0697. The minimum Gasteiger partial charge on any atom is -0.478 e. The topological polar surface area (TPSA) is 126 Å². The first-order valence-electron chi connectivity index (χ1n) is 10.5. The van der Waals surface area contributed by atoms with Gasteiger partial charge in [0.05, 0.1) is 29.6 Å². The molecule has 0 aliphatic rings. The molecule has 0 bridgehead atoms. The summed E-state index contributed by atoms with van der Waals surface area (Å²) in [6.45, 7) is 5.63. The maximum absolute atomic E-state index is 11.1. The third-order valence-corrected chi connectivity index (χ3v) is 5.30. The third-order valence-electron chi connectivity index (χ3n) is 5.30. The first-order valence-corrected chi connectivity index (χ1v) is 10.5. The van der Waals surface area contributed by atoms with Gasteiger partial charge in [-0.25, -0.2) is 19.4 Å². The zero-order chi connectivity index (χ0) is 23.5. The van der Waals surface area contributed by atoms with Crippen LogP contribution in [0.3, 0.4) is 0 Å². The van der Waals surface area contributed by atoms with Crippen LogP contribution >= 0.6 is 0 Å². The number of carbonyl (C=O) groups is 1. The normalized spacial score (nSPS) is 12.8. The quantitative estimate of drug-likeness (QED) is 0.388. The number of aliphatic hydroxyl groups is 1. The summed E-state index contributed by atoms with van der Waals surface area (Å²) in [6.07, 6.45) is 2.86. The fourth-order valence-electron chi connectivity index (χ4n) is 3.41. The summed E-state index contributed by atoms with van der Waals surface area (Å²) in [6, 6.07) is 13.9. The molecule has 0 saturated heterocycles. The maximum atomic E-state index is 11.1. The van der Waals surface area contributed by atoms with Crippen molar-refractivity contribution in [2.75, 3.05) is 5.32 Å². The Balaban J connectivity index is 1.57. The van der Waals surface area contributed by atoms with E-state index in [4.69, 9.17) is 5.11 Å². The highest BCUT2D eigenvalue weighted by Gasteiger charge is 2.14. The van der Waals surface area contributed by atoms with Crippen molar-refractivity contribution >= 4 is 17.6 Å². The molecule has 9 heteroatoms. The summed E-state index contributed by atoms with van der Waals surface area (Å²) < 4.78 is 1.72. The van der Waals surface area contributed by atoms with Gasteiger partial charge in [-0.1, -0.05) is 17.3 Å². The minimum absolute atomic E-state index is 0.135. The van der Waals surface area contributed by atoms with E-state index in [1.807, 2.05) is 32.2 Å². The van der Waals surface area contributed by atoms with E-state index in [1.165, 1.54) is 0 Å². The van der Waals surface area contributed by atoms with Crippen molar-refractivity contribution in [3.63, 3.8) is 0 Å². The number of hydrogen-bond donors (Lipinski definition) is 3. The highest BCUT2D eigenvalue weighted by molar-refractivity contribution is 5.87. The van der Waals surface area contributed by atoms with Gasteiger partial charge in [-0.15, -0.1) is 5.10 Å². The average Bonchev–Trinajstić information content (AvgIpc) is 3.29. The average molecular weight is 444 g/mol. The molecule has 4 aromatic rings. The van der Waals surface area contributed by atoms with Crippen molar-refractivity contribution in [3.05, 3.63) is 83.2 Å². The van der Waals surface area contributed by atoms with Crippen LogP contribution in [0.5, 0.6) is 0 Å². The van der Waals surface area contributed by atoms with Gasteiger partial charge >= 0.3 is 5.97 Å². The lowest BCUT2D eigenvalue weighted by atomic mass is 10.1. The first-order chi connectivity index (χ1) is 15.8. The van der Waals surface area contributed by atoms with Crippen LogP contribution in [0.1, 0.15) is 53.0 Å². The molecule has 2 unspecified atom stereocenters. The lowest BCUT2D eigenvalue weighted by Gasteiger charge is -2.12. The molecule has 0 fully saturated rings. The Morgan fingerprint density at radius 2 is 1.76 bits per heavy atom. The Hall–Kier alpha value is -4.11. The van der Waals surface area contributed by atoms with Crippen LogP contribution < -0.4 is 5.32 Å². The number of aromatic carboxylic acids is 1. The summed E-state index contributed by atoms with van der Waals surface area (Å²) in [5, 5.41) is 30.6. The van der Waals surface area contributed by atoms with Crippen molar-refractivity contribution in [2.45, 2.75) is 32.9 Å². The molecule has 9 nitrogen and oxygen atoms in total. The highest BCUT2D eigenvalue weighted by atomic mass is 16.4. The number of aliphatic hydroxyl groups excluding tert-OH is 1. The molecule has 0 aliphatic heterocycles. The van der Waals surface area contributed by atoms with E-state index in [0.717, 1.165) is 16.7 Å². The van der Waals surface area contributed by atoms with E-state index in [2.05, 4.69) is 25.6 Å². The van der Waals surface area contributed by atoms with E-state index in [9.17, 15) is 9.90 Å². The van der Waals surface area contributed by atoms with E-state index in [-0.39, 0.29) is 11.6 Å². The molecule has 1 aromatic carbocycles. The number of carboxylic acids is 1. The van der Waals surface area contributed by atoms with E-state index in [1.54, 1.807) is 54.2 Å². The van der Waals surface area contributed by atoms with E-state index >= 15 is 0 Å². The number of aryl methyl sites for hydroxylation is 1. The molecule has 3 heterocycles. The second-order valence-corrected chi connectivity index (χ2v) is 7.88. The van der Waals surface area contributed by atoms with Gasteiger partial charge in [0.2, 0.25) is 0 Å². The fraction of sp³-hybridized carbons (Fsp3) is 0.208. The fourth-order valence-corrected chi connectivity index (χ4v) is 3.41. The standard InChI is InChI=1S/C24H24N6O3/c1-14-10-20(26-23(11-14)27-22-12-19(16(3)31)8-9-25-22)21-13-30(29-28-21)15(2)17-4-6-18(7-5-17)24(32)33/h4-13,15-16,31H,1-3H3,(H,32,33)(H,25,26,27). The van der Waals surface area contributed by atoms with Crippen LogP contribution in [0, 0.1) is 6.92 Å². The molecule has 4 rings (SSSR count). The predicted octanol–water partition coefficient (Wildman–Crippen LogP) is 4.15. The van der Waals surface area contributed by atoms with Gasteiger partial charge in [0, 0.05) is 6.20 Å². The number of benzene rings is 1. The number of pyridine rings is 2. The summed E-state index contributed by atoms with van der Waals surface area (Å²) in [5.74, 6) is 0.228. The lowest BCUT2D eigenvalue weighted by Crippen LogP contribution is -2.08. The molecule has 3 aromatic heterocycles. The Bertz CT molecular complexity index is 1280. The molecule has 3 N–H and O–H groups in total. The SMILES string of the molecule is Cc1cc(Nc2cc(C(C)O)ccn2)nc(-c2cn(C(C)c3ccc(C(=O)O)cc3)nn2)c1. The Kier molecular flexibility index (Phi) is 6.14. The molecule has 0 radical (unpaired) electrons. The van der Waals surface area contributed by atoms with Crippen LogP contribution in [0.4, 0.5) is 11.6 Å². The van der Waals surface area contributed by atoms with E-state index in [0.29, 0.717) is 23.0 Å². The third kappa shape index (κ3) is 5.04. The van der Waals surface area contributed by atoms with Crippen LogP contribution in [0.15, 0.2) is 60.9 Å². The Morgan fingerprint density at radius 1 is 1.00 bits per heavy atom. The molecule has 168 valence electrons.